The number of benzene rings is 2. The summed E-state index contributed by atoms with van der Waals surface area (Å²) >= 11 is 0. The minimum Gasteiger partial charge on any atom is -0.508 e. The van der Waals surface area contributed by atoms with Gasteiger partial charge in [-0.25, -0.2) is 4.98 Å². The van der Waals surface area contributed by atoms with Crippen molar-refractivity contribution < 1.29 is 14.7 Å². The Morgan fingerprint density at radius 2 is 1.69 bits per heavy atom. The number of phenolic OH excluding ortho intramolecular Hbond substituents is 1. The molecule has 4 rings (SSSR count). The van der Waals surface area contributed by atoms with Crippen LogP contribution in [0.3, 0.4) is 0 Å². The maximum atomic E-state index is 13.4. The zero-order valence-corrected chi connectivity index (χ0v) is 16.1. The number of carbonyl (C=O) groups is 2. The molecule has 2 aromatic carbocycles. The lowest BCUT2D eigenvalue weighted by Gasteiger charge is -2.19. The average molecular weight is 391 g/mol. The third-order valence-corrected chi connectivity index (χ3v) is 5.29. The van der Waals surface area contributed by atoms with Crippen molar-refractivity contribution in [1.82, 2.24) is 14.5 Å². The number of nitrogen functional groups attached to an aromatic ring is 1. The minimum absolute atomic E-state index is 0.0130. The molecule has 1 aromatic heterocycles. The Morgan fingerprint density at radius 1 is 1.07 bits per heavy atom. The molecule has 1 aliphatic rings. The van der Waals surface area contributed by atoms with Crippen LogP contribution in [-0.4, -0.2) is 31.4 Å². The summed E-state index contributed by atoms with van der Waals surface area (Å²) in [6.45, 7) is 4.41. The Hall–Kier alpha value is -3.81. The van der Waals surface area contributed by atoms with Crippen molar-refractivity contribution in [3.63, 3.8) is 0 Å². The Morgan fingerprint density at radius 3 is 2.28 bits per heavy atom. The molecule has 29 heavy (non-hydrogen) atoms. The standard InChI is InChI=1S/C21H21N5O3/c1-11-7-8-15(27)12(2)17(11)26-18(22)16(19(23)28)24-20(26)21(29)25-9-13-5-3-4-6-14(13)10-25/h3-8,27H,9-10,22H2,1-2H3,(H2,23,28). The van der Waals surface area contributed by atoms with Gasteiger partial charge in [0, 0.05) is 18.7 Å². The molecule has 0 saturated heterocycles. The van der Waals surface area contributed by atoms with Gasteiger partial charge >= 0.3 is 0 Å². The second-order valence-corrected chi connectivity index (χ2v) is 7.17. The maximum absolute atomic E-state index is 13.4. The largest absolute Gasteiger partial charge is 0.508 e. The Balaban J connectivity index is 1.87. The van der Waals surface area contributed by atoms with Gasteiger partial charge in [0.05, 0.1) is 5.69 Å². The van der Waals surface area contributed by atoms with Crippen LogP contribution in [0.25, 0.3) is 5.69 Å². The van der Waals surface area contributed by atoms with Crippen LogP contribution in [0.1, 0.15) is 43.4 Å². The van der Waals surface area contributed by atoms with Crippen molar-refractivity contribution in [3.8, 4) is 11.4 Å². The zero-order chi connectivity index (χ0) is 20.9. The fourth-order valence-corrected chi connectivity index (χ4v) is 3.77. The number of hydrogen-bond acceptors (Lipinski definition) is 5. The van der Waals surface area contributed by atoms with Gasteiger partial charge in [0.2, 0.25) is 5.82 Å². The van der Waals surface area contributed by atoms with E-state index in [0.717, 1.165) is 16.7 Å². The normalized spacial score (nSPS) is 12.8. The van der Waals surface area contributed by atoms with Crippen LogP contribution in [0, 0.1) is 13.8 Å². The number of hydrogen-bond donors (Lipinski definition) is 3. The molecule has 0 radical (unpaired) electrons. The van der Waals surface area contributed by atoms with Crippen LogP contribution in [0.2, 0.25) is 0 Å². The number of fused-ring (bicyclic) bond motifs is 1. The van der Waals surface area contributed by atoms with Crippen molar-refractivity contribution in [2.24, 2.45) is 5.73 Å². The van der Waals surface area contributed by atoms with E-state index >= 15 is 0 Å². The van der Waals surface area contributed by atoms with Crippen LogP contribution >= 0.6 is 0 Å². The second kappa shape index (κ2) is 6.66. The molecule has 0 bridgehead atoms. The van der Waals surface area contributed by atoms with Crippen LogP contribution in [0.5, 0.6) is 5.75 Å². The lowest BCUT2D eigenvalue weighted by Crippen LogP contribution is -2.28. The van der Waals surface area contributed by atoms with E-state index in [1.165, 1.54) is 4.57 Å². The molecule has 2 amide bonds. The van der Waals surface area contributed by atoms with Crippen molar-refractivity contribution >= 4 is 17.6 Å². The van der Waals surface area contributed by atoms with E-state index in [1.807, 2.05) is 31.2 Å². The number of rotatable bonds is 3. The number of primary amides is 1. The number of carbonyl (C=O) groups excluding carboxylic acids is 2. The first-order valence-electron chi connectivity index (χ1n) is 9.13. The van der Waals surface area contributed by atoms with E-state index in [1.54, 1.807) is 24.0 Å². The van der Waals surface area contributed by atoms with E-state index < -0.39 is 5.91 Å². The van der Waals surface area contributed by atoms with Gasteiger partial charge in [0.25, 0.3) is 11.8 Å². The molecule has 1 aliphatic heterocycles. The molecule has 0 fully saturated rings. The molecule has 8 nitrogen and oxygen atoms in total. The number of phenols is 1. The van der Waals surface area contributed by atoms with Gasteiger partial charge in [-0.05, 0) is 36.6 Å². The molecular weight excluding hydrogens is 370 g/mol. The summed E-state index contributed by atoms with van der Waals surface area (Å²) < 4.78 is 1.41. The average Bonchev–Trinajstić information content (AvgIpc) is 3.26. The third kappa shape index (κ3) is 2.89. The molecule has 2 heterocycles. The third-order valence-electron chi connectivity index (χ3n) is 5.29. The minimum atomic E-state index is -0.824. The van der Waals surface area contributed by atoms with Crippen molar-refractivity contribution in [2.75, 3.05) is 5.73 Å². The topological polar surface area (TPSA) is 127 Å². The van der Waals surface area contributed by atoms with Crippen LogP contribution in [0.15, 0.2) is 36.4 Å². The molecule has 0 spiro atoms. The number of aromatic nitrogens is 2. The predicted molar refractivity (Wildman–Crippen MR) is 108 cm³/mol. The summed E-state index contributed by atoms with van der Waals surface area (Å²) in [4.78, 5) is 31.1. The van der Waals surface area contributed by atoms with Gasteiger partial charge in [0.15, 0.2) is 5.69 Å². The number of aryl methyl sites for hydroxylation is 1. The maximum Gasteiger partial charge on any atom is 0.290 e. The fourth-order valence-electron chi connectivity index (χ4n) is 3.77. The van der Waals surface area contributed by atoms with E-state index in [9.17, 15) is 14.7 Å². The first-order chi connectivity index (χ1) is 13.8. The van der Waals surface area contributed by atoms with Crippen molar-refractivity contribution in [2.45, 2.75) is 26.9 Å². The smallest absolute Gasteiger partial charge is 0.290 e. The van der Waals surface area contributed by atoms with Gasteiger partial charge in [-0.1, -0.05) is 30.3 Å². The van der Waals surface area contributed by atoms with Crippen molar-refractivity contribution in [1.29, 1.82) is 0 Å². The highest BCUT2D eigenvalue weighted by Gasteiger charge is 2.31. The number of nitrogens with two attached hydrogens (primary N) is 2. The molecule has 0 saturated carbocycles. The highest BCUT2D eigenvalue weighted by molar-refractivity contribution is 6.00. The highest BCUT2D eigenvalue weighted by Crippen LogP contribution is 2.32. The highest BCUT2D eigenvalue weighted by atomic mass is 16.3. The number of aromatic hydroxyl groups is 1. The number of nitrogens with zero attached hydrogens (tertiary/aromatic N) is 3. The van der Waals surface area contributed by atoms with Crippen LogP contribution in [0.4, 0.5) is 5.82 Å². The number of imidazole rings is 1. The molecule has 148 valence electrons. The van der Waals surface area contributed by atoms with E-state index in [4.69, 9.17) is 11.5 Å². The van der Waals surface area contributed by atoms with E-state index in [2.05, 4.69) is 4.98 Å². The molecule has 5 N–H and O–H groups in total. The lowest BCUT2D eigenvalue weighted by molar-refractivity contribution is 0.0737. The molecule has 3 aromatic rings. The second-order valence-electron chi connectivity index (χ2n) is 7.17. The van der Waals surface area contributed by atoms with Gasteiger partial charge in [-0.15, -0.1) is 0 Å². The Kier molecular flexibility index (Phi) is 4.26. The molecule has 0 atom stereocenters. The van der Waals surface area contributed by atoms with E-state index in [-0.39, 0.29) is 29.0 Å². The summed E-state index contributed by atoms with van der Waals surface area (Å²) in [7, 11) is 0. The van der Waals surface area contributed by atoms with Crippen molar-refractivity contribution in [3.05, 3.63) is 70.2 Å². The molecule has 0 unspecified atom stereocenters. The molecular formula is C21H21N5O3. The summed E-state index contributed by atoms with van der Waals surface area (Å²) in [5, 5.41) is 10.2. The van der Waals surface area contributed by atoms with Gasteiger partial charge < -0.3 is 21.5 Å². The van der Waals surface area contributed by atoms with Gasteiger partial charge in [-0.3, -0.25) is 14.2 Å². The Labute approximate surface area is 167 Å². The summed E-state index contributed by atoms with van der Waals surface area (Å²) in [5.41, 5.74) is 15.4. The molecule has 0 aliphatic carbocycles. The SMILES string of the molecule is Cc1ccc(O)c(C)c1-n1c(C(=O)N2Cc3ccccc3C2)nc(C(N)=O)c1N. The van der Waals surface area contributed by atoms with Gasteiger partial charge in [-0.2, -0.15) is 0 Å². The van der Waals surface area contributed by atoms with Gasteiger partial charge in [0.1, 0.15) is 11.6 Å². The number of anilines is 1. The summed E-state index contributed by atoms with van der Waals surface area (Å²) in [6, 6.07) is 11.1. The van der Waals surface area contributed by atoms with E-state index in [0.29, 0.717) is 24.3 Å². The predicted octanol–water partition coefficient (Wildman–Crippen LogP) is 2.03. The molecule has 8 heteroatoms. The monoisotopic (exact) mass is 391 g/mol. The summed E-state index contributed by atoms with van der Waals surface area (Å²) in [6.07, 6.45) is 0. The fraction of sp³-hybridized carbons (Fsp3) is 0.190. The Bertz CT molecular complexity index is 1140. The van der Waals surface area contributed by atoms with Crippen LogP contribution in [-0.2, 0) is 13.1 Å². The number of amides is 2. The first-order valence-corrected chi connectivity index (χ1v) is 9.13. The summed E-state index contributed by atoms with van der Waals surface area (Å²) in [5.74, 6) is -1.19. The van der Waals surface area contributed by atoms with Crippen LogP contribution < -0.4 is 11.5 Å². The quantitative estimate of drug-likeness (QED) is 0.629. The first kappa shape index (κ1) is 18.5. The lowest BCUT2D eigenvalue weighted by atomic mass is 10.1. The zero-order valence-electron chi connectivity index (χ0n) is 16.1.